The molecule has 0 saturated heterocycles. The smallest absolute Gasteiger partial charge is 0.338 e. The highest BCUT2D eigenvalue weighted by molar-refractivity contribution is 6.35. The topological polar surface area (TPSA) is 77.5 Å². The van der Waals surface area contributed by atoms with E-state index in [1.807, 2.05) is 0 Å². The number of hydrogen-bond donors (Lipinski definition) is 1. The molecule has 0 aliphatic heterocycles. The van der Waals surface area contributed by atoms with E-state index in [0.29, 0.717) is 21.4 Å². The summed E-state index contributed by atoms with van der Waals surface area (Å²) in [7, 11) is 0. The Hall–Kier alpha value is -2.31. The zero-order valence-electron chi connectivity index (χ0n) is 13.6. The number of pyridine rings is 1. The van der Waals surface area contributed by atoms with Crippen LogP contribution >= 0.6 is 23.2 Å². The number of carbonyl (C=O) groups is 2. The van der Waals surface area contributed by atoms with Crippen molar-refractivity contribution in [3.05, 3.63) is 52.1 Å². The van der Waals surface area contributed by atoms with Crippen LogP contribution in [0.5, 0.6) is 5.75 Å². The Morgan fingerprint density at radius 3 is 2.68 bits per heavy atom. The van der Waals surface area contributed by atoms with E-state index >= 15 is 0 Å². The predicted molar refractivity (Wildman–Crippen MR) is 95.4 cm³/mol. The zero-order chi connectivity index (χ0) is 18.4. The van der Waals surface area contributed by atoms with Crippen LogP contribution in [0.4, 0.5) is 5.82 Å². The molecular weight excluding hydrogens is 367 g/mol. The molecule has 1 atom stereocenters. The van der Waals surface area contributed by atoms with Crippen molar-refractivity contribution in [2.24, 2.45) is 0 Å². The van der Waals surface area contributed by atoms with Gasteiger partial charge in [-0.2, -0.15) is 0 Å². The highest BCUT2D eigenvalue weighted by Gasteiger charge is 2.18. The number of halogens is 2. The largest absolute Gasteiger partial charge is 0.479 e. The molecule has 1 amide bonds. The molecule has 1 aromatic carbocycles. The summed E-state index contributed by atoms with van der Waals surface area (Å²) in [6.45, 7) is 3.54. The van der Waals surface area contributed by atoms with Gasteiger partial charge in [-0.25, -0.2) is 9.78 Å². The molecule has 6 nitrogen and oxygen atoms in total. The molecule has 0 aliphatic carbocycles. The lowest BCUT2D eigenvalue weighted by molar-refractivity contribution is -0.122. The van der Waals surface area contributed by atoms with Crippen molar-refractivity contribution >= 4 is 40.9 Å². The van der Waals surface area contributed by atoms with Crippen LogP contribution in [0, 0.1) is 0 Å². The van der Waals surface area contributed by atoms with Crippen LogP contribution in [0.15, 0.2) is 36.5 Å². The summed E-state index contributed by atoms with van der Waals surface area (Å²) in [4.78, 5) is 28.0. The van der Waals surface area contributed by atoms with E-state index in [4.69, 9.17) is 32.7 Å². The molecular formula is C17H16Cl2N2O4. The molecule has 8 heteroatoms. The fourth-order valence-corrected chi connectivity index (χ4v) is 2.34. The number of ether oxygens (including phenoxy) is 2. The van der Waals surface area contributed by atoms with Crippen molar-refractivity contribution in [3.8, 4) is 5.75 Å². The first kappa shape index (κ1) is 19.0. The van der Waals surface area contributed by atoms with Crippen LogP contribution in [-0.2, 0) is 9.53 Å². The average molecular weight is 383 g/mol. The average Bonchev–Trinajstić information content (AvgIpc) is 2.57. The Morgan fingerprint density at radius 1 is 1.24 bits per heavy atom. The standard InChI is InChI=1S/C17H16Cl2N2O4/c1-3-24-17(23)11-6-7-20-15(8-11)21-16(22)10(2)25-14-5-4-12(18)9-13(14)19/h4-10H,3H2,1-2H3,(H,20,21,22). The van der Waals surface area contributed by atoms with Crippen LogP contribution < -0.4 is 10.1 Å². The number of nitrogens with zero attached hydrogens (tertiary/aromatic N) is 1. The van der Waals surface area contributed by atoms with E-state index in [-0.39, 0.29) is 12.4 Å². The van der Waals surface area contributed by atoms with Gasteiger partial charge in [0.2, 0.25) is 0 Å². The van der Waals surface area contributed by atoms with Gasteiger partial charge in [0.25, 0.3) is 5.91 Å². The maximum atomic E-state index is 12.2. The summed E-state index contributed by atoms with van der Waals surface area (Å²) >= 11 is 11.8. The number of anilines is 1. The van der Waals surface area contributed by atoms with E-state index in [1.165, 1.54) is 24.4 Å². The molecule has 0 bridgehead atoms. The third kappa shape index (κ3) is 5.34. The van der Waals surface area contributed by atoms with Gasteiger partial charge in [0.05, 0.1) is 17.2 Å². The van der Waals surface area contributed by atoms with Gasteiger partial charge in [-0.3, -0.25) is 4.79 Å². The number of nitrogens with one attached hydrogen (secondary N) is 1. The van der Waals surface area contributed by atoms with Crippen molar-refractivity contribution in [3.63, 3.8) is 0 Å². The normalized spacial score (nSPS) is 11.5. The van der Waals surface area contributed by atoms with E-state index in [0.717, 1.165) is 0 Å². The Balaban J connectivity index is 2.03. The number of hydrogen-bond acceptors (Lipinski definition) is 5. The second-order valence-corrected chi connectivity index (χ2v) is 5.82. The van der Waals surface area contributed by atoms with Crippen LogP contribution in [0.3, 0.4) is 0 Å². The molecule has 0 radical (unpaired) electrons. The molecule has 1 N–H and O–H groups in total. The zero-order valence-corrected chi connectivity index (χ0v) is 15.1. The number of rotatable bonds is 6. The Labute approximate surface area is 155 Å². The number of aromatic nitrogens is 1. The quantitative estimate of drug-likeness (QED) is 0.764. The number of amides is 1. The Bertz CT molecular complexity index is 783. The van der Waals surface area contributed by atoms with Crippen LogP contribution in [0.2, 0.25) is 10.0 Å². The van der Waals surface area contributed by atoms with Gasteiger partial charge in [0.1, 0.15) is 11.6 Å². The van der Waals surface area contributed by atoms with Gasteiger partial charge in [-0.05, 0) is 44.2 Å². The minimum absolute atomic E-state index is 0.216. The highest BCUT2D eigenvalue weighted by atomic mass is 35.5. The van der Waals surface area contributed by atoms with E-state index in [9.17, 15) is 9.59 Å². The van der Waals surface area contributed by atoms with E-state index in [1.54, 1.807) is 26.0 Å². The van der Waals surface area contributed by atoms with Gasteiger partial charge >= 0.3 is 5.97 Å². The second-order valence-electron chi connectivity index (χ2n) is 4.97. The van der Waals surface area contributed by atoms with Crippen molar-refractivity contribution < 1.29 is 19.1 Å². The summed E-state index contributed by atoms with van der Waals surface area (Å²) in [5.41, 5.74) is 0.293. The van der Waals surface area contributed by atoms with Crippen LogP contribution in [0.25, 0.3) is 0 Å². The third-order valence-electron chi connectivity index (χ3n) is 3.09. The van der Waals surface area contributed by atoms with Gasteiger partial charge in [-0.1, -0.05) is 23.2 Å². The fraction of sp³-hybridized carbons (Fsp3) is 0.235. The van der Waals surface area contributed by atoms with Gasteiger partial charge in [0, 0.05) is 11.2 Å². The Kier molecular flexibility index (Phi) is 6.61. The maximum absolute atomic E-state index is 12.2. The number of benzene rings is 1. The monoisotopic (exact) mass is 382 g/mol. The summed E-state index contributed by atoms with van der Waals surface area (Å²) in [6.07, 6.45) is 0.565. The molecule has 132 valence electrons. The van der Waals surface area contributed by atoms with Crippen molar-refractivity contribution in [2.45, 2.75) is 20.0 Å². The van der Waals surface area contributed by atoms with Crippen molar-refractivity contribution in [1.82, 2.24) is 4.98 Å². The van der Waals surface area contributed by atoms with Crippen molar-refractivity contribution in [1.29, 1.82) is 0 Å². The highest BCUT2D eigenvalue weighted by Crippen LogP contribution is 2.28. The lowest BCUT2D eigenvalue weighted by Crippen LogP contribution is -2.30. The molecule has 0 spiro atoms. The van der Waals surface area contributed by atoms with Gasteiger partial charge in [0.15, 0.2) is 6.10 Å². The predicted octanol–water partition coefficient (Wildman–Crippen LogP) is 3.97. The maximum Gasteiger partial charge on any atom is 0.338 e. The SMILES string of the molecule is CCOC(=O)c1ccnc(NC(=O)C(C)Oc2ccc(Cl)cc2Cl)c1. The number of esters is 1. The molecule has 1 aromatic heterocycles. The minimum Gasteiger partial charge on any atom is -0.479 e. The van der Waals surface area contributed by atoms with Gasteiger partial charge in [-0.15, -0.1) is 0 Å². The first-order chi connectivity index (χ1) is 11.9. The third-order valence-corrected chi connectivity index (χ3v) is 3.62. The van der Waals surface area contributed by atoms with E-state index < -0.39 is 18.0 Å². The van der Waals surface area contributed by atoms with Crippen molar-refractivity contribution in [2.75, 3.05) is 11.9 Å². The van der Waals surface area contributed by atoms with Crippen LogP contribution in [-0.4, -0.2) is 29.6 Å². The van der Waals surface area contributed by atoms with Gasteiger partial charge < -0.3 is 14.8 Å². The molecule has 1 heterocycles. The molecule has 0 fully saturated rings. The summed E-state index contributed by atoms with van der Waals surface area (Å²) < 4.78 is 10.4. The lowest BCUT2D eigenvalue weighted by Gasteiger charge is -2.15. The first-order valence-electron chi connectivity index (χ1n) is 7.46. The lowest BCUT2D eigenvalue weighted by atomic mass is 10.2. The first-order valence-corrected chi connectivity index (χ1v) is 8.22. The minimum atomic E-state index is -0.841. The molecule has 1 unspecified atom stereocenters. The van der Waals surface area contributed by atoms with E-state index in [2.05, 4.69) is 10.3 Å². The summed E-state index contributed by atoms with van der Waals surface area (Å²) in [5, 5.41) is 3.35. The van der Waals surface area contributed by atoms with Crippen LogP contribution in [0.1, 0.15) is 24.2 Å². The summed E-state index contributed by atoms with van der Waals surface area (Å²) in [6, 6.07) is 7.64. The fourth-order valence-electron chi connectivity index (χ4n) is 1.88. The Morgan fingerprint density at radius 2 is 2.00 bits per heavy atom. The summed E-state index contributed by atoms with van der Waals surface area (Å²) in [5.74, 6) is -0.382. The number of carbonyl (C=O) groups excluding carboxylic acids is 2. The second kappa shape index (κ2) is 8.69. The molecule has 0 saturated carbocycles. The molecule has 2 aromatic rings. The molecule has 2 rings (SSSR count). The molecule has 25 heavy (non-hydrogen) atoms. The molecule has 0 aliphatic rings.